The minimum absolute atomic E-state index is 0.288. The summed E-state index contributed by atoms with van der Waals surface area (Å²) in [7, 11) is -2.84. The molecule has 5 nitrogen and oxygen atoms in total. The Kier molecular flexibility index (Phi) is 4.86. The van der Waals surface area contributed by atoms with Gasteiger partial charge in [-0.15, -0.1) is 0 Å². The van der Waals surface area contributed by atoms with E-state index >= 15 is 0 Å². The van der Waals surface area contributed by atoms with Crippen molar-refractivity contribution in [1.29, 1.82) is 0 Å². The summed E-state index contributed by atoms with van der Waals surface area (Å²) in [6, 6.07) is 2.59. The van der Waals surface area contributed by atoms with E-state index < -0.39 is 9.84 Å². The first-order valence-electron chi connectivity index (χ1n) is 7.28. The second-order valence-electron chi connectivity index (χ2n) is 5.92. The van der Waals surface area contributed by atoms with Crippen LogP contribution in [-0.2, 0) is 16.4 Å². The monoisotopic (exact) mass is 299 g/mol. The molecule has 114 valence electrons. The molecule has 0 amide bonds. The second-order valence-corrected chi connectivity index (χ2v) is 8.18. The Balaban J connectivity index is 1.89. The number of aromatic nitrogens is 2. The first kappa shape index (κ1) is 15.5. The average molecular weight is 299 g/mol. The highest BCUT2D eigenvalue weighted by Crippen LogP contribution is 2.19. The van der Waals surface area contributed by atoms with Crippen molar-refractivity contribution in [2.24, 2.45) is 0 Å². The van der Waals surface area contributed by atoms with Crippen LogP contribution >= 0.6 is 0 Å². The molecule has 0 saturated carbocycles. The highest BCUT2D eigenvalue weighted by Gasteiger charge is 2.25. The largest absolute Gasteiger partial charge is 0.299 e. The van der Waals surface area contributed by atoms with Gasteiger partial charge in [-0.25, -0.2) is 8.42 Å². The van der Waals surface area contributed by atoms with Gasteiger partial charge in [0, 0.05) is 18.0 Å². The smallest absolute Gasteiger partial charge is 0.147 e. The van der Waals surface area contributed by atoms with Gasteiger partial charge in [0.05, 0.1) is 18.0 Å². The lowest BCUT2D eigenvalue weighted by atomic mass is 10.2. The van der Waals surface area contributed by atoms with E-state index in [1.54, 1.807) is 0 Å². The van der Waals surface area contributed by atoms with E-state index in [4.69, 9.17) is 0 Å². The molecule has 1 saturated heterocycles. The SMILES string of the molecule is Cc1cc(C)n(C[C@H]2CCCN2CCCS(C)(=O)=O)n1. The molecule has 1 aromatic rings. The fraction of sp³-hybridized carbons (Fsp3) is 0.786. The number of sulfone groups is 1. The van der Waals surface area contributed by atoms with Crippen LogP contribution in [0.3, 0.4) is 0 Å². The van der Waals surface area contributed by atoms with Crippen molar-refractivity contribution < 1.29 is 8.42 Å². The molecule has 0 spiro atoms. The Hall–Kier alpha value is -0.880. The molecule has 6 heteroatoms. The van der Waals surface area contributed by atoms with Gasteiger partial charge in [-0.2, -0.15) is 5.10 Å². The summed E-state index contributed by atoms with van der Waals surface area (Å²) in [5, 5.41) is 4.52. The molecule has 1 fully saturated rings. The molecule has 1 atom stereocenters. The van der Waals surface area contributed by atoms with Crippen molar-refractivity contribution in [3.05, 3.63) is 17.5 Å². The van der Waals surface area contributed by atoms with Gasteiger partial charge in [0.1, 0.15) is 9.84 Å². The van der Waals surface area contributed by atoms with Crippen LogP contribution in [-0.4, -0.2) is 54.2 Å². The molecular formula is C14H25N3O2S. The third kappa shape index (κ3) is 4.31. The van der Waals surface area contributed by atoms with Crippen molar-refractivity contribution in [3.63, 3.8) is 0 Å². The van der Waals surface area contributed by atoms with E-state index in [1.807, 2.05) is 6.92 Å². The number of rotatable bonds is 6. The number of aryl methyl sites for hydroxylation is 2. The summed E-state index contributed by atoms with van der Waals surface area (Å²) in [6.07, 6.45) is 4.41. The molecule has 0 unspecified atom stereocenters. The number of likely N-dealkylation sites (tertiary alicyclic amines) is 1. The van der Waals surface area contributed by atoms with Crippen LogP contribution in [0.2, 0.25) is 0 Å². The lowest BCUT2D eigenvalue weighted by molar-refractivity contribution is 0.226. The number of nitrogens with zero attached hydrogens (tertiary/aromatic N) is 3. The highest BCUT2D eigenvalue weighted by molar-refractivity contribution is 7.90. The maximum atomic E-state index is 11.2. The summed E-state index contributed by atoms with van der Waals surface area (Å²) < 4.78 is 24.5. The molecular weight excluding hydrogens is 274 g/mol. The third-order valence-corrected chi connectivity index (χ3v) is 4.98. The van der Waals surface area contributed by atoms with E-state index in [0.717, 1.165) is 31.7 Å². The van der Waals surface area contributed by atoms with Gasteiger partial charge in [-0.1, -0.05) is 0 Å². The third-order valence-electron chi connectivity index (χ3n) is 3.95. The molecule has 20 heavy (non-hydrogen) atoms. The van der Waals surface area contributed by atoms with Gasteiger partial charge in [0.15, 0.2) is 0 Å². The molecule has 0 bridgehead atoms. The van der Waals surface area contributed by atoms with Gasteiger partial charge >= 0.3 is 0 Å². The van der Waals surface area contributed by atoms with Crippen LogP contribution in [0.5, 0.6) is 0 Å². The zero-order valence-electron chi connectivity index (χ0n) is 12.7. The highest BCUT2D eigenvalue weighted by atomic mass is 32.2. The molecule has 0 N–H and O–H groups in total. The van der Waals surface area contributed by atoms with Gasteiger partial charge in [0.25, 0.3) is 0 Å². The fourth-order valence-electron chi connectivity index (χ4n) is 2.99. The van der Waals surface area contributed by atoms with E-state index in [0.29, 0.717) is 6.04 Å². The standard InChI is InChI=1S/C14H25N3O2S/c1-12-10-13(2)17(15-12)11-14-6-4-7-16(14)8-5-9-20(3,18)19/h10,14H,4-9,11H2,1-3H3/t14-/m1/s1. The average Bonchev–Trinajstić information content (AvgIpc) is 2.86. The maximum absolute atomic E-state index is 11.2. The summed E-state index contributed by atoms with van der Waals surface area (Å²) in [5.41, 5.74) is 2.26. The van der Waals surface area contributed by atoms with Crippen LogP contribution in [0.15, 0.2) is 6.07 Å². The Morgan fingerprint density at radius 3 is 2.75 bits per heavy atom. The number of hydrogen-bond donors (Lipinski definition) is 0. The molecule has 2 heterocycles. The fourth-order valence-corrected chi connectivity index (χ4v) is 3.64. The zero-order valence-corrected chi connectivity index (χ0v) is 13.5. The summed E-state index contributed by atoms with van der Waals surface area (Å²) in [4.78, 5) is 2.42. The van der Waals surface area contributed by atoms with Crippen LogP contribution < -0.4 is 0 Å². The van der Waals surface area contributed by atoms with Crippen LogP contribution in [0.1, 0.15) is 30.7 Å². The van der Waals surface area contributed by atoms with E-state index in [-0.39, 0.29) is 5.75 Å². The topological polar surface area (TPSA) is 55.2 Å². The van der Waals surface area contributed by atoms with E-state index in [2.05, 4.69) is 27.7 Å². The van der Waals surface area contributed by atoms with Crippen molar-refractivity contribution in [1.82, 2.24) is 14.7 Å². The molecule has 0 radical (unpaired) electrons. The Bertz CT molecular complexity index is 551. The van der Waals surface area contributed by atoms with Crippen LogP contribution in [0, 0.1) is 13.8 Å². The maximum Gasteiger partial charge on any atom is 0.147 e. The minimum atomic E-state index is -2.84. The second kappa shape index (κ2) is 6.26. The van der Waals surface area contributed by atoms with Crippen molar-refractivity contribution in [3.8, 4) is 0 Å². The first-order chi connectivity index (χ1) is 9.35. The van der Waals surface area contributed by atoms with Crippen molar-refractivity contribution in [2.45, 2.75) is 45.7 Å². The normalized spacial score (nSPS) is 20.6. The Morgan fingerprint density at radius 2 is 2.15 bits per heavy atom. The predicted octanol–water partition coefficient (Wildman–Crippen LogP) is 1.40. The van der Waals surface area contributed by atoms with Gasteiger partial charge in [-0.05, 0) is 52.3 Å². The molecule has 1 aliphatic heterocycles. The van der Waals surface area contributed by atoms with Crippen LogP contribution in [0.4, 0.5) is 0 Å². The van der Waals surface area contributed by atoms with E-state index in [1.165, 1.54) is 24.8 Å². The molecule has 1 aliphatic rings. The number of hydrogen-bond acceptors (Lipinski definition) is 4. The predicted molar refractivity (Wildman–Crippen MR) is 80.6 cm³/mol. The quantitative estimate of drug-likeness (QED) is 0.797. The van der Waals surface area contributed by atoms with Gasteiger partial charge < -0.3 is 0 Å². The summed E-state index contributed by atoms with van der Waals surface area (Å²) in [5.74, 6) is 0.288. The van der Waals surface area contributed by atoms with Gasteiger partial charge in [0.2, 0.25) is 0 Å². The van der Waals surface area contributed by atoms with Crippen molar-refractivity contribution >= 4 is 9.84 Å². The zero-order chi connectivity index (χ0) is 14.8. The molecule has 0 aromatic carbocycles. The Labute approximate surface area is 121 Å². The summed E-state index contributed by atoms with van der Waals surface area (Å²) in [6.45, 7) is 6.97. The van der Waals surface area contributed by atoms with Crippen LogP contribution in [0.25, 0.3) is 0 Å². The Morgan fingerprint density at radius 1 is 1.40 bits per heavy atom. The summed E-state index contributed by atoms with van der Waals surface area (Å²) >= 11 is 0. The first-order valence-corrected chi connectivity index (χ1v) is 9.34. The van der Waals surface area contributed by atoms with Crippen molar-refractivity contribution in [2.75, 3.05) is 25.1 Å². The van der Waals surface area contributed by atoms with E-state index in [9.17, 15) is 8.42 Å². The molecule has 2 rings (SSSR count). The molecule has 1 aromatic heterocycles. The molecule has 0 aliphatic carbocycles. The minimum Gasteiger partial charge on any atom is -0.299 e. The lowest BCUT2D eigenvalue weighted by Gasteiger charge is -2.24. The lowest BCUT2D eigenvalue weighted by Crippen LogP contribution is -2.35. The van der Waals surface area contributed by atoms with Gasteiger partial charge in [-0.3, -0.25) is 9.58 Å².